The third-order valence-corrected chi connectivity index (χ3v) is 11.6. The molecule has 1 N–H and O–H groups in total. The highest BCUT2D eigenvalue weighted by molar-refractivity contribution is 7.98. The van der Waals surface area contributed by atoms with Gasteiger partial charge in [-0.25, -0.2) is 16.8 Å². The van der Waals surface area contributed by atoms with Crippen molar-refractivity contribution in [2.24, 2.45) is 0 Å². The first-order chi connectivity index (χ1) is 15.7. The minimum Gasteiger partial charge on any atom is -0.265 e. The SMILES string of the molecule is CS(=O)(=O)N1[C@H](c2ccccc2)[C@@H](c2ccccc2)N(S(C)(=O)=O)P1NCc1ccccc1. The van der Waals surface area contributed by atoms with Gasteiger partial charge in [0.25, 0.3) is 0 Å². The average Bonchev–Trinajstić information content (AvgIpc) is 3.16. The summed E-state index contributed by atoms with van der Waals surface area (Å²) in [6, 6.07) is 26.5. The van der Waals surface area contributed by atoms with Crippen molar-refractivity contribution >= 4 is 28.4 Å². The van der Waals surface area contributed by atoms with E-state index >= 15 is 0 Å². The van der Waals surface area contributed by atoms with Crippen molar-refractivity contribution in [1.82, 2.24) is 13.2 Å². The Bertz CT molecular complexity index is 1210. The molecule has 4 rings (SSSR count). The summed E-state index contributed by atoms with van der Waals surface area (Å²) < 4.78 is 55.4. The van der Waals surface area contributed by atoms with Crippen LogP contribution in [0.2, 0.25) is 0 Å². The molecule has 1 fully saturated rings. The summed E-state index contributed by atoms with van der Waals surface area (Å²) >= 11 is 0. The van der Waals surface area contributed by atoms with Crippen LogP contribution in [-0.2, 0) is 26.6 Å². The van der Waals surface area contributed by atoms with Crippen LogP contribution >= 0.6 is 8.37 Å². The van der Waals surface area contributed by atoms with Gasteiger partial charge in [0, 0.05) is 6.54 Å². The highest BCUT2D eigenvalue weighted by atomic mass is 32.2. The van der Waals surface area contributed by atoms with Gasteiger partial charge in [0.15, 0.2) is 0 Å². The largest absolute Gasteiger partial charge is 0.265 e. The van der Waals surface area contributed by atoms with Crippen molar-refractivity contribution in [3.8, 4) is 0 Å². The van der Waals surface area contributed by atoms with Crippen LogP contribution in [0.25, 0.3) is 0 Å². The summed E-state index contributed by atoms with van der Waals surface area (Å²) in [7, 11) is -9.54. The molecule has 1 saturated heterocycles. The van der Waals surface area contributed by atoms with Crippen molar-refractivity contribution in [3.05, 3.63) is 108 Å². The predicted octanol–water partition coefficient (Wildman–Crippen LogP) is 4.02. The zero-order valence-electron chi connectivity index (χ0n) is 18.3. The maximum absolute atomic E-state index is 13.2. The first kappa shape index (κ1) is 24.0. The molecule has 0 spiro atoms. The number of hydrogen-bond acceptors (Lipinski definition) is 5. The lowest BCUT2D eigenvalue weighted by atomic mass is 9.95. The van der Waals surface area contributed by atoms with E-state index < -0.39 is 40.5 Å². The molecule has 0 unspecified atom stereocenters. The van der Waals surface area contributed by atoms with Crippen molar-refractivity contribution in [3.63, 3.8) is 0 Å². The van der Waals surface area contributed by atoms with E-state index in [1.165, 1.54) is 8.15 Å². The second-order valence-electron chi connectivity index (χ2n) is 7.89. The van der Waals surface area contributed by atoms with Gasteiger partial charge in [0.2, 0.25) is 20.0 Å². The van der Waals surface area contributed by atoms with Gasteiger partial charge < -0.3 is 0 Å². The summed E-state index contributed by atoms with van der Waals surface area (Å²) in [5.41, 5.74) is 2.40. The molecule has 10 heteroatoms. The second kappa shape index (κ2) is 9.62. The lowest BCUT2D eigenvalue weighted by Crippen LogP contribution is -2.32. The Morgan fingerprint density at radius 2 is 1.03 bits per heavy atom. The van der Waals surface area contributed by atoms with Crippen molar-refractivity contribution in [2.45, 2.75) is 18.6 Å². The number of benzene rings is 3. The van der Waals surface area contributed by atoms with Gasteiger partial charge in [-0.3, -0.25) is 5.09 Å². The summed E-state index contributed by atoms with van der Waals surface area (Å²) in [5.74, 6) is 0. The molecule has 3 aromatic rings. The van der Waals surface area contributed by atoms with Crippen LogP contribution < -0.4 is 5.09 Å². The van der Waals surface area contributed by atoms with Crippen LogP contribution in [0, 0.1) is 0 Å². The first-order valence-corrected chi connectivity index (χ1v) is 15.3. The van der Waals surface area contributed by atoms with E-state index in [0.717, 1.165) is 29.2 Å². The number of nitrogens with one attached hydrogen (secondary N) is 1. The van der Waals surface area contributed by atoms with Crippen LogP contribution in [0.1, 0.15) is 28.8 Å². The lowest BCUT2D eigenvalue weighted by Gasteiger charge is -2.29. The maximum atomic E-state index is 13.2. The average molecular weight is 504 g/mol. The van der Waals surface area contributed by atoms with Crippen LogP contribution in [-0.4, -0.2) is 37.5 Å². The van der Waals surface area contributed by atoms with Gasteiger partial charge in [-0.15, -0.1) is 8.15 Å². The Morgan fingerprint density at radius 3 is 1.39 bits per heavy atom. The number of nitrogens with zero attached hydrogens (tertiary/aromatic N) is 2. The Balaban J connectivity index is 1.90. The minimum atomic E-state index is -3.79. The second-order valence-corrected chi connectivity index (χ2v) is 13.9. The van der Waals surface area contributed by atoms with Crippen LogP contribution in [0.5, 0.6) is 0 Å². The summed E-state index contributed by atoms with van der Waals surface area (Å²) in [6.07, 6.45) is 2.27. The molecule has 174 valence electrons. The third kappa shape index (κ3) is 5.19. The third-order valence-electron chi connectivity index (χ3n) is 5.38. The molecule has 0 radical (unpaired) electrons. The van der Waals surface area contributed by atoms with Gasteiger partial charge in [-0.1, -0.05) is 91.0 Å². The van der Waals surface area contributed by atoms with Crippen molar-refractivity contribution in [1.29, 1.82) is 0 Å². The predicted molar refractivity (Wildman–Crippen MR) is 132 cm³/mol. The Morgan fingerprint density at radius 1 is 0.667 bits per heavy atom. The van der Waals surface area contributed by atoms with E-state index in [2.05, 4.69) is 5.09 Å². The van der Waals surface area contributed by atoms with E-state index in [1.54, 1.807) is 0 Å². The van der Waals surface area contributed by atoms with Gasteiger partial charge in [-0.2, -0.15) is 0 Å². The van der Waals surface area contributed by atoms with Gasteiger partial charge in [0.05, 0.1) is 24.6 Å². The Kier molecular flexibility index (Phi) is 7.00. The fraction of sp³-hybridized carbons (Fsp3) is 0.217. The van der Waals surface area contributed by atoms with E-state index in [0.29, 0.717) is 6.54 Å². The van der Waals surface area contributed by atoms with E-state index in [4.69, 9.17) is 0 Å². The fourth-order valence-corrected chi connectivity index (χ4v) is 10.3. The Labute approximate surface area is 197 Å². The molecular formula is C23H26N3O4PS2. The molecular weight excluding hydrogens is 477 g/mol. The zero-order valence-corrected chi connectivity index (χ0v) is 20.8. The standard InChI is InChI=1S/C23H26N3O4PS2/c1-32(27,28)25-22(20-14-8-4-9-15-20)23(21-16-10-5-11-17-21)26(33(2,29)30)31(25)24-18-19-12-6-3-7-13-19/h3-17,22-24H,18H2,1-2H3/t22-,23-/m1/s1. The van der Waals surface area contributed by atoms with E-state index in [9.17, 15) is 16.8 Å². The Hall–Kier alpha value is -2.13. The van der Waals surface area contributed by atoms with E-state index in [-0.39, 0.29) is 0 Å². The smallest absolute Gasteiger partial charge is 0.217 e. The lowest BCUT2D eigenvalue weighted by molar-refractivity contribution is 0.380. The van der Waals surface area contributed by atoms with E-state index in [1.807, 2.05) is 91.0 Å². The number of hydrogen-bond donors (Lipinski definition) is 1. The quantitative estimate of drug-likeness (QED) is 0.492. The summed E-state index contributed by atoms with van der Waals surface area (Å²) in [6.45, 7) is 0.327. The molecule has 0 saturated carbocycles. The molecule has 1 aliphatic heterocycles. The summed E-state index contributed by atoms with van der Waals surface area (Å²) in [4.78, 5) is 0. The highest BCUT2D eigenvalue weighted by Crippen LogP contribution is 2.64. The molecule has 1 aliphatic rings. The number of rotatable bonds is 7. The molecule has 3 aromatic carbocycles. The molecule has 0 bridgehead atoms. The zero-order chi connectivity index (χ0) is 23.6. The van der Waals surface area contributed by atoms with Crippen molar-refractivity contribution in [2.75, 3.05) is 12.5 Å². The molecule has 33 heavy (non-hydrogen) atoms. The van der Waals surface area contributed by atoms with Crippen LogP contribution in [0.3, 0.4) is 0 Å². The van der Waals surface area contributed by atoms with Gasteiger partial charge in [-0.05, 0) is 16.7 Å². The van der Waals surface area contributed by atoms with Gasteiger partial charge in [0.1, 0.15) is 8.37 Å². The van der Waals surface area contributed by atoms with Crippen LogP contribution in [0.15, 0.2) is 91.0 Å². The summed E-state index contributed by atoms with van der Waals surface area (Å²) in [5, 5.41) is 3.27. The normalized spacial score (nSPS) is 20.8. The molecule has 0 aliphatic carbocycles. The van der Waals surface area contributed by atoms with Crippen LogP contribution in [0.4, 0.5) is 0 Å². The molecule has 2 atom stereocenters. The minimum absolute atomic E-state index is 0.327. The molecule has 1 heterocycles. The fourth-order valence-electron chi connectivity index (χ4n) is 4.07. The van der Waals surface area contributed by atoms with Gasteiger partial charge >= 0.3 is 0 Å². The number of sulfonamides is 2. The maximum Gasteiger partial charge on any atom is 0.217 e. The molecule has 0 aromatic heterocycles. The first-order valence-electron chi connectivity index (χ1n) is 10.3. The topological polar surface area (TPSA) is 86.8 Å². The highest BCUT2D eigenvalue weighted by Gasteiger charge is 2.56. The monoisotopic (exact) mass is 503 g/mol. The van der Waals surface area contributed by atoms with Crippen molar-refractivity contribution < 1.29 is 16.8 Å². The molecule has 0 amide bonds. The molecule has 7 nitrogen and oxygen atoms in total.